The van der Waals surface area contributed by atoms with Crippen LogP contribution < -0.4 is 5.32 Å². The fraction of sp³-hybridized carbons (Fsp3) is 0.0769. The lowest BCUT2D eigenvalue weighted by molar-refractivity contribution is 0.102. The van der Waals surface area contributed by atoms with E-state index in [0.29, 0.717) is 16.3 Å². The highest BCUT2D eigenvalue weighted by Crippen LogP contribution is 2.28. The molecule has 0 fully saturated rings. The first-order chi connectivity index (χ1) is 9.38. The summed E-state index contributed by atoms with van der Waals surface area (Å²) in [6.45, 7) is 1.78. The van der Waals surface area contributed by atoms with Crippen LogP contribution in [-0.2, 0) is 0 Å². The molecule has 2 rings (SSSR count). The van der Waals surface area contributed by atoms with Gasteiger partial charge in [0.25, 0.3) is 5.91 Å². The Kier molecular flexibility index (Phi) is 4.91. The maximum absolute atomic E-state index is 12.2. The van der Waals surface area contributed by atoms with Crippen molar-refractivity contribution in [3.05, 3.63) is 55.2 Å². The second-order valence-corrected chi connectivity index (χ2v) is 6.07. The van der Waals surface area contributed by atoms with Gasteiger partial charge in [0.05, 0.1) is 16.3 Å². The number of pyridine rings is 1. The largest absolute Gasteiger partial charge is 0.319 e. The lowest BCUT2D eigenvalue weighted by Crippen LogP contribution is -2.14. The van der Waals surface area contributed by atoms with E-state index in [-0.39, 0.29) is 16.2 Å². The Hall–Kier alpha value is -0.810. The lowest BCUT2D eigenvalue weighted by Gasteiger charge is -2.11. The number of halogens is 4. The van der Waals surface area contributed by atoms with Crippen LogP contribution in [0.5, 0.6) is 0 Å². The first kappa shape index (κ1) is 15.6. The summed E-state index contributed by atoms with van der Waals surface area (Å²) >= 11 is 21.1. The van der Waals surface area contributed by atoms with Crippen LogP contribution in [0, 0.1) is 6.92 Å². The molecule has 1 aromatic heterocycles. The van der Waals surface area contributed by atoms with Crippen molar-refractivity contribution in [2.24, 2.45) is 0 Å². The minimum atomic E-state index is -0.370. The number of carbonyl (C=O) groups excluding carboxylic acids is 1. The van der Waals surface area contributed by atoms with Gasteiger partial charge in [-0.05, 0) is 36.8 Å². The van der Waals surface area contributed by atoms with Crippen molar-refractivity contribution in [3.8, 4) is 0 Å². The van der Waals surface area contributed by atoms with Gasteiger partial charge in [-0.1, -0.05) is 50.7 Å². The highest BCUT2D eigenvalue weighted by atomic mass is 79.9. The number of hydrogen-bond acceptors (Lipinski definition) is 2. The number of amides is 1. The summed E-state index contributed by atoms with van der Waals surface area (Å²) in [6.07, 6.45) is 0. The van der Waals surface area contributed by atoms with Crippen LogP contribution in [0.2, 0.25) is 15.3 Å². The number of aromatic nitrogens is 1. The Bertz CT molecular complexity index is 668. The molecule has 7 heteroatoms. The normalized spacial score (nSPS) is 10.4. The second-order valence-electron chi connectivity index (χ2n) is 4.01. The molecule has 1 heterocycles. The molecule has 1 N–H and O–H groups in total. The highest BCUT2D eigenvalue weighted by molar-refractivity contribution is 9.10. The predicted octanol–water partition coefficient (Wildman–Crippen LogP) is 5.37. The smallest absolute Gasteiger partial charge is 0.257 e. The number of nitrogens with zero attached hydrogens (tertiary/aromatic N) is 1. The molecule has 1 aromatic carbocycles. The topological polar surface area (TPSA) is 42.0 Å². The van der Waals surface area contributed by atoms with Crippen LogP contribution in [0.15, 0.2) is 28.7 Å². The highest BCUT2D eigenvalue weighted by Gasteiger charge is 2.15. The van der Waals surface area contributed by atoms with Crippen molar-refractivity contribution in [1.82, 2.24) is 4.98 Å². The molecular formula is C13H8BrCl3N2O. The molecule has 104 valence electrons. The summed E-state index contributed by atoms with van der Waals surface area (Å²) in [5.41, 5.74) is 1.47. The Morgan fingerprint density at radius 2 is 1.95 bits per heavy atom. The summed E-state index contributed by atoms with van der Waals surface area (Å²) in [5, 5.41) is 3.44. The van der Waals surface area contributed by atoms with Crippen molar-refractivity contribution in [2.75, 3.05) is 5.32 Å². The average Bonchev–Trinajstić information content (AvgIpc) is 2.36. The van der Waals surface area contributed by atoms with Crippen LogP contribution in [0.4, 0.5) is 5.69 Å². The maximum Gasteiger partial charge on any atom is 0.257 e. The van der Waals surface area contributed by atoms with Crippen molar-refractivity contribution in [1.29, 1.82) is 0 Å². The number of hydrogen-bond donors (Lipinski definition) is 1. The summed E-state index contributed by atoms with van der Waals surface area (Å²) in [5.74, 6) is -0.370. The van der Waals surface area contributed by atoms with Crippen LogP contribution in [0.3, 0.4) is 0 Å². The molecule has 0 saturated carbocycles. The maximum atomic E-state index is 12.2. The molecule has 0 aliphatic rings. The quantitative estimate of drug-likeness (QED) is 0.696. The van der Waals surface area contributed by atoms with Gasteiger partial charge >= 0.3 is 0 Å². The van der Waals surface area contributed by atoms with E-state index in [1.807, 2.05) is 0 Å². The number of anilines is 1. The first-order valence-corrected chi connectivity index (χ1v) is 7.40. The third kappa shape index (κ3) is 3.44. The van der Waals surface area contributed by atoms with Gasteiger partial charge in [-0.3, -0.25) is 4.79 Å². The zero-order chi connectivity index (χ0) is 14.9. The minimum absolute atomic E-state index is 0.134. The summed E-state index contributed by atoms with van der Waals surface area (Å²) in [4.78, 5) is 16.1. The second kappa shape index (κ2) is 6.31. The summed E-state index contributed by atoms with van der Waals surface area (Å²) < 4.78 is 0.754. The Labute approximate surface area is 139 Å². The van der Waals surface area contributed by atoms with E-state index in [4.69, 9.17) is 34.8 Å². The molecule has 0 atom stereocenters. The van der Waals surface area contributed by atoms with E-state index in [1.54, 1.807) is 31.2 Å². The Morgan fingerprint density at radius 1 is 1.25 bits per heavy atom. The van der Waals surface area contributed by atoms with Crippen molar-refractivity contribution < 1.29 is 4.79 Å². The van der Waals surface area contributed by atoms with E-state index >= 15 is 0 Å². The Balaban J connectivity index is 2.35. The Morgan fingerprint density at radius 3 is 2.60 bits per heavy atom. The zero-order valence-corrected chi connectivity index (χ0v) is 14.0. The van der Waals surface area contributed by atoms with E-state index < -0.39 is 0 Å². The van der Waals surface area contributed by atoms with Gasteiger partial charge in [-0.2, -0.15) is 0 Å². The monoisotopic (exact) mass is 392 g/mol. The van der Waals surface area contributed by atoms with Gasteiger partial charge < -0.3 is 5.32 Å². The van der Waals surface area contributed by atoms with Gasteiger partial charge in [0.2, 0.25) is 0 Å². The average molecular weight is 394 g/mol. The van der Waals surface area contributed by atoms with Crippen LogP contribution in [-0.4, -0.2) is 10.9 Å². The van der Waals surface area contributed by atoms with Gasteiger partial charge in [0.1, 0.15) is 5.15 Å². The minimum Gasteiger partial charge on any atom is -0.319 e. The van der Waals surface area contributed by atoms with E-state index in [1.165, 1.54) is 0 Å². The molecule has 0 unspecified atom stereocenters. The fourth-order valence-corrected chi connectivity index (χ4v) is 2.74. The molecule has 3 nitrogen and oxygen atoms in total. The SMILES string of the molecule is Cc1cc(Cl)nc(Cl)c1NC(=O)c1cc(Br)ccc1Cl. The number of aryl methyl sites for hydroxylation is 1. The molecule has 0 spiro atoms. The lowest BCUT2D eigenvalue weighted by atomic mass is 10.2. The molecule has 0 aliphatic carbocycles. The molecule has 2 aromatic rings. The van der Waals surface area contributed by atoms with E-state index in [2.05, 4.69) is 26.2 Å². The predicted molar refractivity (Wildman–Crippen MR) is 86.1 cm³/mol. The number of benzene rings is 1. The number of rotatable bonds is 2. The summed E-state index contributed by atoms with van der Waals surface area (Å²) in [6, 6.07) is 6.63. The first-order valence-electron chi connectivity index (χ1n) is 5.47. The molecule has 1 amide bonds. The van der Waals surface area contributed by atoms with E-state index in [9.17, 15) is 4.79 Å². The van der Waals surface area contributed by atoms with Gasteiger partial charge in [0.15, 0.2) is 5.15 Å². The van der Waals surface area contributed by atoms with Crippen molar-refractivity contribution in [2.45, 2.75) is 6.92 Å². The van der Waals surface area contributed by atoms with Crippen molar-refractivity contribution >= 4 is 62.3 Å². The van der Waals surface area contributed by atoms with E-state index in [0.717, 1.165) is 10.0 Å². The van der Waals surface area contributed by atoms with Gasteiger partial charge in [-0.15, -0.1) is 0 Å². The standard InChI is InChI=1S/C13H8BrCl3N2O/c1-6-4-10(16)18-12(17)11(6)19-13(20)8-5-7(14)2-3-9(8)15/h2-5H,1H3,(H,19,20). The number of carbonyl (C=O) groups is 1. The van der Waals surface area contributed by atoms with Crippen LogP contribution >= 0.6 is 50.7 Å². The van der Waals surface area contributed by atoms with Gasteiger partial charge in [-0.25, -0.2) is 4.98 Å². The van der Waals surface area contributed by atoms with Crippen LogP contribution in [0.25, 0.3) is 0 Å². The van der Waals surface area contributed by atoms with Crippen molar-refractivity contribution in [3.63, 3.8) is 0 Å². The zero-order valence-electron chi connectivity index (χ0n) is 10.2. The summed E-state index contributed by atoms with van der Waals surface area (Å²) in [7, 11) is 0. The van der Waals surface area contributed by atoms with Crippen LogP contribution in [0.1, 0.15) is 15.9 Å². The third-order valence-corrected chi connectivity index (χ3v) is 3.84. The molecule has 0 aliphatic heterocycles. The molecular weight excluding hydrogens is 386 g/mol. The molecule has 20 heavy (non-hydrogen) atoms. The molecule has 0 saturated heterocycles. The molecule has 0 bridgehead atoms. The van der Waals surface area contributed by atoms with Gasteiger partial charge in [0, 0.05) is 4.47 Å². The third-order valence-electron chi connectivity index (χ3n) is 2.55. The fourth-order valence-electron chi connectivity index (χ4n) is 1.60. The number of nitrogens with one attached hydrogen (secondary N) is 1. The molecule has 0 radical (unpaired) electrons.